The van der Waals surface area contributed by atoms with Crippen LogP contribution in [-0.2, 0) is 0 Å². The first-order chi connectivity index (χ1) is 11.2. The van der Waals surface area contributed by atoms with Crippen molar-refractivity contribution in [1.82, 2.24) is 19.7 Å². The van der Waals surface area contributed by atoms with Crippen LogP contribution in [-0.4, -0.2) is 32.8 Å². The average molecular weight is 309 g/mol. The van der Waals surface area contributed by atoms with E-state index in [9.17, 15) is 0 Å². The van der Waals surface area contributed by atoms with Gasteiger partial charge in [-0.15, -0.1) is 0 Å². The number of anilines is 1. The van der Waals surface area contributed by atoms with Gasteiger partial charge in [0.2, 0.25) is 0 Å². The number of aromatic nitrogens is 4. The van der Waals surface area contributed by atoms with Gasteiger partial charge in [-0.3, -0.25) is 4.98 Å². The van der Waals surface area contributed by atoms with E-state index in [1.165, 1.54) is 0 Å². The molecule has 0 bridgehead atoms. The summed E-state index contributed by atoms with van der Waals surface area (Å²) in [5.41, 5.74) is 3.16. The minimum absolute atomic E-state index is 0.279. The number of hydrogen-bond acceptors (Lipinski definition) is 4. The summed E-state index contributed by atoms with van der Waals surface area (Å²) < 4.78 is 2.01. The van der Waals surface area contributed by atoms with Crippen LogP contribution in [0, 0.1) is 0 Å². The zero-order valence-corrected chi connectivity index (χ0v) is 14.2. The van der Waals surface area contributed by atoms with Gasteiger partial charge in [-0.1, -0.05) is 0 Å². The van der Waals surface area contributed by atoms with E-state index in [2.05, 4.69) is 43.6 Å². The van der Waals surface area contributed by atoms with E-state index in [0.717, 1.165) is 41.1 Å². The maximum atomic E-state index is 4.83. The molecule has 5 heteroatoms. The highest BCUT2D eigenvalue weighted by atomic mass is 15.4. The van der Waals surface area contributed by atoms with Crippen molar-refractivity contribution in [1.29, 1.82) is 0 Å². The molecule has 0 aromatic carbocycles. The first-order valence-corrected chi connectivity index (χ1v) is 8.19. The Morgan fingerprint density at radius 2 is 1.78 bits per heavy atom. The van der Waals surface area contributed by atoms with Crippen LogP contribution in [0.4, 0.5) is 5.82 Å². The third kappa shape index (κ3) is 2.79. The van der Waals surface area contributed by atoms with E-state index in [-0.39, 0.29) is 6.04 Å². The normalized spacial score (nSPS) is 11.3. The minimum Gasteiger partial charge on any atom is -0.355 e. The molecule has 120 valence electrons. The van der Waals surface area contributed by atoms with Crippen LogP contribution in [0.25, 0.3) is 22.2 Å². The van der Waals surface area contributed by atoms with Crippen LogP contribution in [0.1, 0.15) is 33.7 Å². The second-order valence-electron chi connectivity index (χ2n) is 5.87. The summed E-state index contributed by atoms with van der Waals surface area (Å²) in [5, 5.41) is 5.94. The number of nitrogens with zero attached hydrogens (tertiary/aromatic N) is 5. The summed E-state index contributed by atoms with van der Waals surface area (Å²) in [6.07, 6.45) is 5.54. The SMILES string of the molecule is CCN(CC)c1nn(C(C)C)c2ncc(-c3ccncc3)cc12. The van der Waals surface area contributed by atoms with Crippen LogP contribution in [0.15, 0.2) is 36.8 Å². The van der Waals surface area contributed by atoms with Crippen LogP contribution >= 0.6 is 0 Å². The largest absolute Gasteiger partial charge is 0.355 e. The number of rotatable bonds is 5. The molecule has 3 heterocycles. The highest BCUT2D eigenvalue weighted by molar-refractivity contribution is 5.91. The van der Waals surface area contributed by atoms with Gasteiger partial charge in [-0.05, 0) is 51.5 Å². The lowest BCUT2D eigenvalue weighted by Gasteiger charge is -2.18. The number of hydrogen-bond donors (Lipinski definition) is 0. The standard InChI is InChI=1S/C18H23N5/c1-5-22(6-2)18-16-11-15(14-7-9-19-10-8-14)12-20-17(16)23(21-18)13(3)4/h7-13H,5-6H2,1-4H3. The molecule has 0 unspecified atom stereocenters. The fourth-order valence-electron chi connectivity index (χ4n) is 2.83. The molecular formula is C18H23N5. The Balaban J connectivity index is 2.21. The fraction of sp³-hybridized carbons (Fsp3) is 0.389. The van der Waals surface area contributed by atoms with Gasteiger partial charge in [0, 0.05) is 43.3 Å². The monoisotopic (exact) mass is 309 g/mol. The highest BCUT2D eigenvalue weighted by Gasteiger charge is 2.18. The molecule has 0 aliphatic heterocycles. The third-order valence-electron chi connectivity index (χ3n) is 4.09. The lowest BCUT2D eigenvalue weighted by molar-refractivity contribution is 0.544. The van der Waals surface area contributed by atoms with E-state index < -0.39 is 0 Å². The predicted octanol–water partition coefficient (Wildman–Crippen LogP) is 3.92. The molecule has 0 aliphatic carbocycles. The number of pyridine rings is 2. The van der Waals surface area contributed by atoms with Crippen molar-refractivity contribution in [3.05, 3.63) is 36.8 Å². The fourth-order valence-corrected chi connectivity index (χ4v) is 2.83. The maximum absolute atomic E-state index is 4.83. The molecule has 0 atom stereocenters. The van der Waals surface area contributed by atoms with Crippen molar-refractivity contribution >= 4 is 16.9 Å². The van der Waals surface area contributed by atoms with Crippen molar-refractivity contribution in [2.75, 3.05) is 18.0 Å². The van der Waals surface area contributed by atoms with Crippen LogP contribution in [0.3, 0.4) is 0 Å². The van der Waals surface area contributed by atoms with Crippen LogP contribution in [0.2, 0.25) is 0 Å². The second kappa shape index (κ2) is 6.36. The molecule has 3 rings (SSSR count). The Morgan fingerprint density at radius 1 is 1.09 bits per heavy atom. The van der Waals surface area contributed by atoms with E-state index >= 15 is 0 Å². The quantitative estimate of drug-likeness (QED) is 0.716. The van der Waals surface area contributed by atoms with Gasteiger partial charge in [-0.25, -0.2) is 9.67 Å². The zero-order chi connectivity index (χ0) is 16.4. The molecule has 0 spiro atoms. The van der Waals surface area contributed by atoms with E-state index in [1.807, 2.05) is 35.4 Å². The Labute approximate surface area is 137 Å². The molecule has 0 saturated carbocycles. The minimum atomic E-state index is 0.279. The van der Waals surface area contributed by atoms with Crippen molar-refractivity contribution in [2.24, 2.45) is 0 Å². The smallest absolute Gasteiger partial charge is 0.160 e. The highest BCUT2D eigenvalue weighted by Crippen LogP contribution is 2.30. The number of fused-ring (bicyclic) bond motifs is 1. The van der Waals surface area contributed by atoms with Gasteiger partial charge in [0.25, 0.3) is 0 Å². The molecule has 0 aliphatic rings. The van der Waals surface area contributed by atoms with E-state index in [4.69, 9.17) is 10.1 Å². The van der Waals surface area contributed by atoms with E-state index in [0.29, 0.717) is 0 Å². The van der Waals surface area contributed by atoms with Crippen LogP contribution < -0.4 is 4.90 Å². The van der Waals surface area contributed by atoms with Gasteiger partial charge in [0.1, 0.15) is 0 Å². The van der Waals surface area contributed by atoms with Gasteiger partial charge < -0.3 is 4.90 Å². The molecule has 3 aromatic rings. The predicted molar refractivity (Wildman–Crippen MR) is 94.7 cm³/mol. The summed E-state index contributed by atoms with van der Waals surface area (Å²) in [6, 6.07) is 6.48. The molecule has 0 N–H and O–H groups in total. The summed E-state index contributed by atoms with van der Waals surface area (Å²) in [4.78, 5) is 11.1. The Kier molecular flexibility index (Phi) is 4.28. The first-order valence-electron chi connectivity index (χ1n) is 8.19. The van der Waals surface area contributed by atoms with Gasteiger partial charge in [-0.2, -0.15) is 5.10 Å². The van der Waals surface area contributed by atoms with Crippen molar-refractivity contribution in [2.45, 2.75) is 33.7 Å². The molecule has 3 aromatic heterocycles. The summed E-state index contributed by atoms with van der Waals surface area (Å²) >= 11 is 0. The summed E-state index contributed by atoms with van der Waals surface area (Å²) in [5.74, 6) is 1.02. The maximum Gasteiger partial charge on any atom is 0.160 e. The molecule has 0 radical (unpaired) electrons. The topological polar surface area (TPSA) is 46.8 Å². The lowest BCUT2D eigenvalue weighted by atomic mass is 10.1. The van der Waals surface area contributed by atoms with Gasteiger partial charge in [0.15, 0.2) is 11.5 Å². The molecule has 0 amide bonds. The molecular weight excluding hydrogens is 286 g/mol. The van der Waals surface area contributed by atoms with Crippen molar-refractivity contribution in [3.63, 3.8) is 0 Å². The third-order valence-corrected chi connectivity index (χ3v) is 4.09. The van der Waals surface area contributed by atoms with Gasteiger partial charge in [0.05, 0.1) is 5.39 Å². The summed E-state index contributed by atoms with van der Waals surface area (Å²) in [7, 11) is 0. The molecule has 23 heavy (non-hydrogen) atoms. The molecule has 0 saturated heterocycles. The Morgan fingerprint density at radius 3 is 2.39 bits per heavy atom. The Bertz CT molecular complexity index is 788. The first kappa shape index (κ1) is 15.5. The molecule has 5 nitrogen and oxygen atoms in total. The lowest BCUT2D eigenvalue weighted by Crippen LogP contribution is -2.22. The average Bonchev–Trinajstić information content (AvgIpc) is 2.96. The van der Waals surface area contributed by atoms with Gasteiger partial charge >= 0.3 is 0 Å². The second-order valence-corrected chi connectivity index (χ2v) is 5.87. The summed E-state index contributed by atoms with van der Waals surface area (Å²) in [6.45, 7) is 10.4. The van der Waals surface area contributed by atoms with Crippen molar-refractivity contribution in [3.8, 4) is 11.1 Å². The van der Waals surface area contributed by atoms with Crippen LogP contribution in [0.5, 0.6) is 0 Å². The Hall–Kier alpha value is -2.43. The zero-order valence-electron chi connectivity index (χ0n) is 14.2. The van der Waals surface area contributed by atoms with E-state index in [1.54, 1.807) is 0 Å². The van der Waals surface area contributed by atoms with Crippen molar-refractivity contribution < 1.29 is 0 Å². The molecule has 0 fully saturated rings.